The third-order valence-corrected chi connectivity index (χ3v) is 5.47. The van der Waals surface area contributed by atoms with E-state index < -0.39 is 23.2 Å². The number of nitrogens with zero attached hydrogens (tertiary/aromatic N) is 4. The zero-order valence-electron chi connectivity index (χ0n) is 16.4. The third-order valence-electron chi connectivity index (χ3n) is 4.66. The monoisotopic (exact) mass is 449 g/mol. The van der Waals surface area contributed by atoms with Gasteiger partial charge in [-0.15, -0.1) is 0 Å². The van der Waals surface area contributed by atoms with Crippen LogP contribution in [0.2, 0.25) is 0 Å². The second-order valence-electron chi connectivity index (χ2n) is 6.46. The molecule has 2 aromatic rings. The van der Waals surface area contributed by atoms with Crippen molar-refractivity contribution >= 4 is 45.8 Å². The minimum atomic E-state index is -4.19. The summed E-state index contributed by atoms with van der Waals surface area (Å²) in [6, 6.07) is 3.35. The molecule has 0 unspecified atom stereocenters. The number of carbonyl (C=O) groups excluding carboxylic acids is 2. The minimum Gasteiger partial charge on any atom is -1.00 e. The Bertz CT molecular complexity index is 999. The predicted molar refractivity (Wildman–Crippen MR) is 98.5 cm³/mol. The molecular formula is C17H15F3KN5O2S. The van der Waals surface area contributed by atoms with Gasteiger partial charge in [0.15, 0.2) is 5.82 Å². The Kier molecular flexibility index (Phi) is 7.01. The van der Waals surface area contributed by atoms with Gasteiger partial charge >= 0.3 is 57.6 Å². The fourth-order valence-electron chi connectivity index (χ4n) is 3.23. The number of amides is 2. The van der Waals surface area contributed by atoms with Gasteiger partial charge in [-0.25, -0.2) is 15.0 Å². The van der Waals surface area contributed by atoms with E-state index in [1.807, 2.05) is 0 Å². The molecule has 0 aliphatic carbocycles. The summed E-state index contributed by atoms with van der Waals surface area (Å²) in [6.45, 7) is 0.437. The van der Waals surface area contributed by atoms with E-state index in [1.54, 1.807) is 17.0 Å². The first kappa shape index (κ1) is 22.6. The van der Waals surface area contributed by atoms with Crippen LogP contribution in [-0.2, 0) is 4.79 Å². The fraction of sp³-hybridized carbons (Fsp3) is 0.353. The molecular weight excluding hydrogens is 434 g/mol. The Morgan fingerprint density at radius 2 is 1.93 bits per heavy atom. The number of thioether (sulfide) groups is 1. The Morgan fingerprint density at radius 3 is 2.55 bits per heavy atom. The molecule has 12 heteroatoms. The van der Waals surface area contributed by atoms with Crippen LogP contribution in [0.15, 0.2) is 23.4 Å². The molecule has 0 spiro atoms. The van der Waals surface area contributed by atoms with Crippen molar-refractivity contribution in [2.45, 2.75) is 19.0 Å². The van der Waals surface area contributed by atoms with Crippen LogP contribution in [0.1, 0.15) is 20.0 Å². The number of carbonyl (C=O) groups is 2. The van der Waals surface area contributed by atoms with Crippen LogP contribution >= 0.6 is 11.8 Å². The van der Waals surface area contributed by atoms with Crippen LogP contribution < -0.4 is 61.6 Å². The van der Waals surface area contributed by atoms with Crippen molar-refractivity contribution in [3.63, 3.8) is 0 Å². The van der Waals surface area contributed by atoms with Gasteiger partial charge < -0.3 is 6.33 Å². The van der Waals surface area contributed by atoms with E-state index >= 15 is 0 Å². The van der Waals surface area contributed by atoms with E-state index in [0.29, 0.717) is 22.5 Å². The minimum absolute atomic E-state index is 0. The van der Waals surface area contributed by atoms with Gasteiger partial charge in [0.25, 0.3) is 11.1 Å². The summed E-state index contributed by atoms with van der Waals surface area (Å²) in [4.78, 5) is 37.8. The van der Waals surface area contributed by atoms with Crippen LogP contribution in [0, 0.1) is 5.92 Å². The van der Waals surface area contributed by atoms with Crippen molar-refractivity contribution in [2.24, 2.45) is 5.92 Å². The smallest absolute Gasteiger partial charge is 1.00 e. The van der Waals surface area contributed by atoms with Crippen molar-refractivity contribution in [1.29, 1.82) is 0 Å². The number of anilines is 1. The number of fused-ring (bicyclic) bond motifs is 1. The van der Waals surface area contributed by atoms with Gasteiger partial charge in [0.1, 0.15) is 11.8 Å². The second-order valence-corrected chi connectivity index (χ2v) is 7.47. The number of rotatable bonds is 2. The van der Waals surface area contributed by atoms with Crippen LogP contribution in [-0.4, -0.2) is 45.4 Å². The number of alkyl halides is 3. The van der Waals surface area contributed by atoms with Crippen molar-refractivity contribution in [3.8, 4) is 0 Å². The van der Waals surface area contributed by atoms with Crippen LogP contribution in [0.4, 0.5) is 23.8 Å². The van der Waals surface area contributed by atoms with Gasteiger partial charge in [-0.05, 0) is 42.8 Å². The largest absolute Gasteiger partial charge is 1.00 e. The molecule has 148 valence electrons. The molecule has 4 heterocycles. The number of aromatic nitrogens is 3. The maximum atomic E-state index is 12.9. The number of imide groups is 1. The average Bonchev–Trinajstić information content (AvgIpc) is 2.97. The van der Waals surface area contributed by atoms with Crippen LogP contribution in [0.3, 0.4) is 0 Å². The molecule has 2 amide bonds. The number of halogens is 3. The van der Waals surface area contributed by atoms with Gasteiger partial charge in [0.05, 0.1) is 22.0 Å². The van der Waals surface area contributed by atoms with Crippen molar-refractivity contribution in [1.82, 2.24) is 20.3 Å². The molecule has 2 saturated heterocycles. The summed E-state index contributed by atoms with van der Waals surface area (Å²) < 4.78 is 38.7. The van der Waals surface area contributed by atoms with E-state index in [0.717, 1.165) is 11.8 Å². The molecule has 0 aromatic carbocycles. The van der Waals surface area contributed by atoms with Gasteiger partial charge in [-0.1, -0.05) is 0 Å². The Labute approximate surface area is 211 Å². The van der Waals surface area contributed by atoms with Crippen molar-refractivity contribution < 1.29 is 75.6 Å². The summed E-state index contributed by atoms with van der Waals surface area (Å²) in [5, 5.41) is 1.72. The zero-order valence-corrected chi connectivity index (χ0v) is 19.3. The van der Waals surface area contributed by atoms with E-state index in [2.05, 4.69) is 20.3 Å². The molecule has 7 nitrogen and oxygen atoms in total. The summed E-state index contributed by atoms with van der Waals surface area (Å²) in [6.07, 6.45) is -1.35. The number of piperidine rings is 1. The van der Waals surface area contributed by atoms with Gasteiger partial charge in [0.2, 0.25) is 0 Å². The third kappa shape index (κ3) is 4.99. The first-order chi connectivity index (χ1) is 13.3. The first-order valence-electron chi connectivity index (χ1n) is 8.49. The van der Waals surface area contributed by atoms with E-state index in [9.17, 15) is 22.8 Å². The normalized spacial score (nSPS) is 19.6. The first-order valence-corrected chi connectivity index (χ1v) is 9.31. The number of hydrogen-bond donors (Lipinski definition) is 1. The molecule has 2 fully saturated rings. The quantitative estimate of drug-likeness (QED) is 0.519. The molecule has 4 rings (SSSR count). The Morgan fingerprint density at radius 1 is 1.21 bits per heavy atom. The molecule has 2 aromatic heterocycles. The number of hydrogen-bond acceptors (Lipinski definition) is 7. The van der Waals surface area contributed by atoms with Gasteiger partial charge in [-0.3, -0.25) is 14.9 Å². The van der Waals surface area contributed by atoms with E-state index in [4.69, 9.17) is 0 Å². The van der Waals surface area contributed by atoms with Crippen molar-refractivity contribution in [2.75, 3.05) is 18.0 Å². The van der Waals surface area contributed by atoms with E-state index in [-0.39, 0.29) is 83.6 Å². The van der Waals surface area contributed by atoms with Crippen LogP contribution in [0.25, 0.3) is 17.1 Å². The molecule has 1 N–H and O–H groups in total. The molecule has 0 saturated carbocycles. The Hall–Kier alpha value is -1.05. The molecule has 0 radical (unpaired) electrons. The van der Waals surface area contributed by atoms with Crippen LogP contribution in [0.5, 0.6) is 0 Å². The van der Waals surface area contributed by atoms with Crippen molar-refractivity contribution in [3.05, 3.63) is 29.1 Å². The topological polar surface area (TPSA) is 88.1 Å². The second kappa shape index (κ2) is 8.98. The van der Waals surface area contributed by atoms with Gasteiger partial charge in [-0.2, -0.15) is 13.2 Å². The molecule has 2 aliphatic heterocycles. The summed E-state index contributed by atoms with van der Waals surface area (Å²) >= 11 is 0.782. The molecule has 0 bridgehead atoms. The standard InChI is InChI=1S/C17H14F3N5O2S.K.H/c18-17(19,20)9-3-5-25(6-4-9)14-13-11(21-8-22-14)2-1-10(23-13)7-12-15(26)24-16(27)28-12;;/h1-2,7-9H,3-6H2,(H,24,26,27);;/q;+1;-1/b12-7-;;. The maximum absolute atomic E-state index is 12.9. The number of pyridine rings is 1. The van der Waals surface area contributed by atoms with E-state index in [1.165, 1.54) is 12.4 Å². The number of nitrogens with one attached hydrogen (secondary N) is 1. The molecule has 29 heavy (non-hydrogen) atoms. The average molecular weight is 449 g/mol. The predicted octanol–water partition coefficient (Wildman–Crippen LogP) is 0.244. The fourth-order valence-corrected chi connectivity index (χ4v) is 3.90. The SMILES string of the molecule is O=C1NC(=O)/C(=C/c2ccc3ncnc(N4CCC(C(F)(F)F)CC4)c3n2)S1.[H-].[K+]. The van der Waals surface area contributed by atoms with Gasteiger partial charge in [0, 0.05) is 13.1 Å². The maximum Gasteiger partial charge on any atom is 1.00 e. The molecule has 0 atom stereocenters. The Balaban J connectivity index is 0.00000160. The molecule has 2 aliphatic rings. The zero-order chi connectivity index (χ0) is 19.9. The summed E-state index contributed by atoms with van der Waals surface area (Å²) in [5.41, 5.74) is 1.42. The summed E-state index contributed by atoms with van der Waals surface area (Å²) in [7, 11) is 0. The summed E-state index contributed by atoms with van der Waals surface area (Å²) in [5.74, 6) is -1.33.